The van der Waals surface area contributed by atoms with Crippen molar-refractivity contribution in [1.29, 1.82) is 0 Å². The summed E-state index contributed by atoms with van der Waals surface area (Å²) < 4.78 is 28.8. The Kier molecular flexibility index (Phi) is 10.2. The molecule has 3 aromatic carbocycles. The maximum absolute atomic E-state index is 13.9. The summed E-state index contributed by atoms with van der Waals surface area (Å²) in [7, 11) is -4.12. The van der Waals surface area contributed by atoms with Gasteiger partial charge >= 0.3 is 0 Å². The van der Waals surface area contributed by atoms with Crippen LogP contribution >= 0.6 is 23.2 Å². The van der Waals surface area contributed by atoms with E-state index in [1.807, 2.05) is 19.1 Å². The van der Waals surface area contributed by atoms with Crippen LogP contribution in [0.5, 0.6) is 0 Å². The van der Waals surface area contributed by atoms with Gasteiger partial charge in [-0.05, 0) is 61.7 Å². The molecule has 3 rings (SSSR count). The number of rotatable bonds is 11. The highest BCUT2D eigenvalue weighted by atomic mass is 35.5. The summed E-state index contributed by atoms with van der Waals surface area (Å²) in [6.45, 7) is 5.15. The van der Waals surface area contributed by atoms with Gasteiger partial charge in [-0.3, -0.25) is 13.9 Å². The highest BCUT2D eigenvalue weighted by molar-refractivity contribution is 7.92. The Morgan fingerprint density at radius 3 is 2.21 bits per heavy atom. The number of halogens is 2. The summed E-state index contributed by atoms with van der Waals surface area (Å²) in [6.07, 6.45) is 0.560. The largest absolute Gasteiger partial charge is 0.355 e. The molecule has 1 atom stereocenters. The van der Waals surface area contributed by atoms with Crippen molar-refractivity contribution >= 4 is 50.7 Å². The molecular formula is C28H31Cl2N3O4S. The van der Waals surface area contributed by atoms with Crippen molar-refractivity contribution < 1.29 is 18.0 Å². The van der Waals surface area contributed by atoms with Crippen molar-refractivity contribution in [3.05, 3.63) is 94.0 Å². The van der Waals surface area contributed by atoms with Gasteiger partial charge in [-0.1, -0.05) is 72.6 Å². The average molecular weight is 577 g/mol. The number of likely N-dealkylation sites (N-methyl/N-ethyl adjacent to an activating group) is 1. The van der Waals surface area contributed by atoms with E-state index >= 15 is 0 Å². The number of hydrogen-bond donors (Lipinski definition) is 1. The smallest absolute Gasteiger partial charge is 0.264 e. The van der Waals surface area contributed by atoms with E-state index in [1.54, 1.807) is 62.4 Å². The Labute approximate surface area is 234 Å². The molecule has 0 aliphatic carbocycles. The molecule has 10 heteroatoms. The quantitative estimate of drug-likeness (QED) is 0.336. The van der Waals surface area contributed by atoms with Crippen LogP contribution in [0.2, 0.25) is 10.0 Å². The Morgan fingerprint density at radius 1 is 0.921 bits per heavy atom. The van der Waals surface area contributed by atoms with E-state index in [2.05, 4.69) is 5.32 Å². The lowest BCUT2D eigenvalue weighted by Gasteiger charge is -2.32. The van der Waals surface area contributed by atoms with Crippen LogP contribution < -0.4 is 9.62 Å². The minimum absolute atomic E-state index is 0.0121. The highest BCUT2D eigenvalue weighted by Gasteiger charge is 2.33. The number of sulfonamides is 1. The first-order valence-electron chi connectivity index (χ1n) is 12.3. The first-order chi connectivity index (χ1) is 18.1. The second-order valence-corrected chi connectivity index (χ2v) is 11.3. The zero-order valence-corrected chi connectivity index (χ0v) is 23.9. The fourth-order valence-corrected chi connectivity index (χ4v) is 5.97. The van der Waals surface area contributed by atoms with E-state index in [9.17, 15) is 18.0 Å². The third kappa shape index (κ3) is 6.87. The van der Waals surface area contributed by atoms with Crippen molar-refractivity contribution in [2.24, 2.45) is 0 Å². The van der Waals surface area contributed by atoms with Gasteiger partial charge in [0.05, 0.1) is 10.6 Å². The molecule has 202 valence electrons. The Bertz CT molecular complexity index is 1380. The van der Waals surface area contributed by atoms with E-state index in [0.29, 0.717) is 34.3 Å². The Morgan fingerprint density at radius 2 is 1.58 bits per heavy atom. The standard InChI is InChI=1S/C28H31Cl2N3O4S/c1-4-21-11-9-10-14-26(21)33(38(36,37)24-12-7-6-8-13-24)19-27(34)32(20(3)28(35)31-5-2)18-22-15-16-23(29)17-25(22)30/h6-17,20H,4-5,18-19H2,1-3H3,(H,31,35)/t20-/m0/s1. The van der Waals surface area contributed by atoms with Gasteiger partial charge in [0.25, 0.3) is 10.0 Å². The number of amides is 2. The second-order valence-electron chi connectivity index (χ2n) is 8.63. The molecule has 0 aromatic heterocycles. The molecule has 1 N–H and O–H groups in total. The molecule has 38 heavy (non-hydrogen) atoms. The zero-order chi connectivity index (χ0) is 27.9. The molecule has 0 aliphatic rings. The SMILES string of the molecule is CCNC(=O)[C@H](C)N(Cc1ccc(Cl)cc1Cl)C(=O)CN(c1ccccc1CC)S(=O)(=O)c1ccccc1. The monoisotopic (exact) mass is 575 g/mol. The van der Waals surface area contributed by atoms with Crippen LogP contribution in [0.1, 0.15) is 31.9 Å². The van der Waals surface area contributed by atoms with Crippen molar-refractivity contribution in [2.75, 3.05) is 17.4 Å². The maximum atomic E-state index is 13.9. The molecule has 3 aromatic rings. The van der Waals surface area contributed by atoms with Gasteiger partial charge in [-0.15, -0.1) is 0 Å². The van der Waals surface area contributed by atoms with Gasteiger partial charge in [-0.25, -0.2) is 8.42 Å². The highest BCUT2D eigenvalue weighted by Crippen LogP contribution is 2.29. The molecule has 0 fully saturated rings. The number of nitrogens with zero attached hydrogens (tertiary/aromatic N) is 2. The molecule has 0 radical (unpaired) electrons. The minimum atomic E-state index is -4.12. The fraction of sp³-hybridized carbons (Fsp3) is 0.286. The van der Waals surface area contributed by atoms with Crippen LogP contribution in [-0.2, 0) is 32.6 Å². The predicted octanol–water partition coefficient (Wildman–Crippen LogP) is 5.30. The van der Waals surface area contributed by atoms with E-state index < -0.39 is 28.5 Å². The lowest BCUT2D eigenvalue weighted by atomic mass is 10.1. The topological polar surface area (TPSA) is 86.8 Å². The second kappa shape index (κ2) is 13.1. The molecule has 0 spiro atoms. The van der Waals surface area contributed by atoms with E-state index in [1.165, 1.54) is 17.0 Å². The number of nitrogens with one attached hydrogen (secondary N) is 1. The number of para-hydroxylation sites is 1. The number of anilines is 1. The summed E-state index contributed by atoms with van der Waals surface area (Å²) in [5, 5.41) is 3.50. The molecule has 0 saturated carbocycles. The summed E-state index contributed by atoms with van der Waals surface area (Å²) in [4.78, 5) is 28.1. The molecule has 0 heterocycles. The van der Waals surface area contributed by atoms with E-state index in [4.69, 9.17) is 23.2 Å². The van der Waals surface area contributed by atoms with Crippen LogP contribution in [-0.4, -0.2) is 44.3 Å². The summed E-state index contributed by atoms with van der Waals surface area (Å²) >= 11 is 12.4. The minimum Gasteiger partial charge on any atom is -0.355 e. The van der Waals surface area contributed by atoms with Gasteiger partial charge in [-0.2, -0.15) is 0 Å². The van der Waals surface area contributed by atoms with Gasteiger partial charge in [0.15, 0.2) is 0 Å². The van der Waals surface area contributed by atoms with Crippen LogP contribution in [0.15, 0.2) is 77.7 Å². The molecule has 0 saturated heterocycles. The average Bonchev–Trinajstić information content (AvgIpc) is 2.91. The first kappa shape index (κ1) is 29.5. The number of hydrogen-bond acceptors (Lipinski definition) is 4. The van der Waals surface area contributed by atoms with Crippen molar-refractivity contribution in [3.8, 4) is 0 Å². The molecule has 0 bridgehead atoms. The molecular weight excluding hydrogens is 545 g/mol. The lowest BCUT2D eigenvalue weighted by molar-refractivity contribution is -0.139. The van der Waals surface area contributed by atoms with E-state index in [-0.39, 0.29) is 17.3 Å². The molecule has 0 aliphatic heterocycles. The van der Waals surface area contributed by atoms with E-state index in [0.717, 1.165) is 9.87 Å². The third-order valence-corrected chi connectivity index (χ3v) is 8.49. The van der Waals surface area contributed by atoms with Crippen LogP contribution in [0.4, 0.5) is 5.69 Å². The van der Waals surface area contributed by atoms with Crippen molar-refractivity contribution in [1.82, 2.24) is 10.2 Å². The van der Waals surface area contributed by atoms with Gasteiger partial charge in [0, 0.05) is 23.1 Å². The molecule has 7 nitrogen and oxygen atoms in total. The molecule has 2 amide bonds. The van der Waals surface area contributed by atoms with Gasteiger partial charge in [0.1, 0.15) is 12.6 Å². The van der Waals surface area contributed by atoms with Crippen LogP contribution in [0.25, 0.3) is 0 Å². The number of aryl methyl sites for hydroxylation is 1. The summed E-state index contributed by atoms with van der Waals surface area (Å²) in [5.74, 6) is -0.919. The Hall–Kier alpha value is -3.07. The third-order valence-electron chi connectivity index (χ3n) is 6.13. The number of carbonyl (C=O) groups excluding carboxylic acids is 2. The molecule has 0 unspecified atom stereocenters. The zero-order valence-electron chi connectivity index (χ0n) is 21.5. The van der Waals surface area contributed by atoms with Crippen LogP contribution in [0.3, 0.4) is 0 Å². The van der Waals surface area contributed by atoms with Crippen molar-refractivity contribution in [2.45, 2.75) is 44.7 Å². The number of carbonyl (C=O) groups is 2. The summed E-state index contributed by atoms with van der Waals surface area (Å²) in [5.41, 5.74) is 1.75. The van der Waals surface area contributed by atoms with Gasteiger partial charge in [0.2, 0.25) is 11.8 Å². The van der Waals surface area contributed by atoms with Crippen molar-refractivity contribution in [3.63, 3.8) is 0 Å². The predicted molar refractivity (Wildman–Crippen MR) is 152 cm³/mol. The maximum Gasteiger partial charge on any atom is 0.264 e. The van der Waals surface area contributed by atoms with Gasteiger partial charge < -0.3 is 10.2 Å². The normalized spacial score (nSPS) is 12.0. The summed E-state index contributed by atoms with van der Waals surface area (Å²) in [6, 6.07) is 19.0. The number of benzene rings is 3. The van der Waals surface area contributed by atoms with Crippen LogP contribution in [0, 0.1) is 0 Å². The fourth-order valence-electron chi connectivity index (χ4n) is 4.02. The Balaban J connectivity index is 2.07. The first-order valence-corrected chi connectivity index (χ1v) is 14.5. The lowest BCUT2D eigenvalue weighted by Crippen LogP contribution is -2.51.